The minimum atomic E-state index is -0.934. The molecule has 0 fully saturated rings. The number of rotatable bonds is 1. The van der Waals surface area contributed by atoms with Crippen LogP contribution in [-0.2, 0) is 6.42 Å². The number of fused-ring (bicyclic) bond motifs is 1. The Morgan fingerprint density at radius 1 is 1.21 bits per heavy atom. The summed E-state index contributed by atoms with van der Waals surface area (Å²) in [6.07, 6.45) is 2.60. The van der Waals surface area contributed by atoms with Gasteiger partial charge in [-0.2, -0.15) is 0 Å². The van der Waals surface area contributed by atoms with Gasteiger partial charge in [-0.3, -0.25) is 0 Å². The van der Waals surface area contributed by atoms with Crippen molar-refractivity contribution in [2.75, 3.05) is 0 Å². The Morgan fingerprint density at radius 3 is 2.53 bits per heavy atom. The molecule has 3 rings (SSSR count). The normalized spacial score (nSPS) is 18.4. The Balaban J connectivity index is 2.13. The fourth-order valence-corrected chi connectivity index (χ4v) is 3.53. The fourth-order valence-electron chi connectivity index (χ4n) is 2.31. The van der Waals surface area contributed by atoms with Crippen LogP contribution in [0.25, 0.3) is 10.6 Å². The largest absolute Gasteiger partial charge is 0.323 e. The predicted molar refractivity (Wildman–Crippen MR) is 67.3 cm³/mol. The van der Waals surface area contributed by atoms with Gasteiger partial charge in [0, 0.05) is 23.1 Å². The van der Waals surface area contributed by atoms with E-state index in [0.717, 1.165) is 29.8 Å². The van der Waals surface area contributed by atoms with Gasteiger partial charge in [0.1, 0.15) is 22.5 Å². The van der Waals surface area contributed by atoms with Crippen molar-refractivity contribution >= 4 is 11.3 Å². The summed E-state index contributed by atoms with van der Waals surface area (Å²) in [7, 11) is 0. The Kier molecular flexibility index (Phi) is 3.06. The molecule has 0 radical (unpaired) electrons. The molecule has 0 bridgehead atoms. The first-order valence-electron chi connectivity index (χ1n) is 5.96. The zero-order chi connectivity index (χ0) is 13.6. The lowest BCUT2D eigenvalue weighted by molar-refractivity contribution is 0.546. The second-order valence-electron chi connectivity index (χ2n) is 4.57. The summed E-state index contributed by atoms with van der Waals surface area (Å²) in [5, 5.41) is 0.234. The van der Waals surface area contributed by atoms with Gasteiger partial charge in [0.05, 0.1) is 11.3 Å². The van der Waals surface area contributed by atoms with Crippen LogP contribution in [0.2, 0.25) is 0 Å². The molecule has 1 atom stereocenters. The molecule has 2 N–H and O–H groups in total. The van der Waals surface area contributed by atoms with E-state index in [2.05, 4.69) is 4.98 Å². The maximum atomic E-state index is 13.7. The Bertz CT molecular complexity index is 616. The number of thiazole rings is 1. The molecule has 2 nitrogen and oxygen atoms in total. The second kappa shape index (κ2) is 4.61. The third-order valence-electron chi connectivity index (χ3n) is 3.22. The van der Waals surface area contributed by atoms with Gasteiger partial charge in [-0.15, -0.1) is 11.3 Å². The van der Waals surface area contributed by atoms with Crippen LogP contribution < -0.4 is 5.73 Å². The van der Waals surface area contributed by atoms with Gasteiger partial charge in [0.15, 0.2) is 0 Å². The van der Waals surface area contributed by atoms with Crippen molar-refractivity contribution in [3.8, 4) is 10.6 Å². The van der Waals surface area contributed by atoms with E-state index in [0.29, 0.717) is 12.1 Å². The lowest BCUT2D eigenvalue weighted by Gasteiger charge is -2.15. The first-order valence-corrected chi connectivity index (χ1v) is 6.78. The lowest BCUT2D eigenvalue weighted by Crippen LogP contribution is -2.16. The molecule has 1 aromatic carbocycles. The van der Waals surface area contributed by atoms with Crippen LogP contribution in [0, 0.1) is 17.5 Å². The molecule has 0 spiro atoms. The molecule has 1 aliphatic rings. The van der Waals surface area contributed by atoms with Crippen molar-refractivity contribution in [3.05, 3.63) is 40.2 Å². The summed E-state index contributed by atoms with van der Waals surface area (Å²) in [5.41, 5.74) is 6.38. The summed E-state index contributed by atoms with van der Waals surface area (Å²) >= 11 is 1.23. The molecule has 0 saturated carbocycles. The standard InChI is InChI=1S/C13H11F3N2S/c14-6-4-7(15)11(8(16)5-6)13-18-12-9(17)2-1-3-10(12)19-13/h4-5,9H,1-3,17H2. The third-order valence-corrected chi connectivity index (χ3v) is 4.37. The van der Waals surface area contributed by atoms with Gasteiger partial charge >= 0.3 is 0 Å². The van der Waals surface area contributed by atoms with Gasteiger partial charge in [-0.05, 0) is 19.3 Å². The van der Waals surface area contributed by atoms with Crippen LogP contribution in [0.3, 0.4) is 0 Å². The van der Waals surface area contributed by atoms with Crippen LogP contribution >= 0.6 is 11.3 Å². The molecule has 0 saturated heterocycles. The van der Waals surface area contributed by atoms with Gasteiger partial charge in [-0.1, -0.05) is 0 Å². The van der Waals surface area contributed by atoms with E-state index in [-0.39, 0.29) is 16.6 Å². The molecular weight excluding hydrogens is 273 g/mol. The van der Waals surface area contributed by atoms with Crippen LogP contribution in [0.4, 0.5) is 13.2 Å². The zero-order valence-corrected chi connectivity index (χ0v) is 10.7. The van der Waals surface area contributed by atoms with Gasteiger partial charge < -0.3 is 5.73 Å². The van der Waals surface area contributed by atoms with Crippen molar-refractivity contribution in [2.45, 2.75) is 25.3 Å². The molecule has 1 aromatic heterocycles. The number of hydrogen-bond acceptors (Lipinski definition) is 3. The van der Waals surface area contributed by atoms with Crippen molar-refractivity contribution in [1.82, 2.24) is 4.98 Å². The number of hydrogen-bond donors (Lipinski definition) is 1. The highest BCUT2D eigenvalue weighted by Crippen LogP contribution is 2.37. The number of aryl methyl sites for hydroxylation is 1. The van der Waals surface area contributed by atoms with Crippen molar-refractivity contribution in [2.24, 2.45) is 5.73 Å². The first kappa shape index (κ1) is 12.6. The smallest absolute Gasteiger partial charge is 0.139 e. The maximum absolute atomic E-state index is 13.7. The Morgan fingerprint density at radius 2 is 1.89 bits per heavy atom. The minimum absolute atomic E-state index is 0.180. The summed E-state index contributed by atoms with van der Waals surface area (Å²) in [6, 6.07) is 1.15. The highest BCUT2D eigenvalue weighted by atomic mass is 32.1. The summed E-state index contributed by atoms with van der Waals surface area (Å²) in [6.45, 7) is 0. The maximum Gasteiger partial charge on any atom is 0.139 e. The third kappa shape index (κ3) is 2.15. The second-order valence-corrected chi connectivity index (χ2v) is 5.65. The monoisotopic (exact) mass is 284 g/mol. The zero-order valence-electron chi connectivity index (χ0n) is 9.92. The Labute approximate surface area is 112 Å². The fraction of sp³-hybridized carbons (Fsp3) is 0.308. The predicted octanol–water partition coefficient (Wildman–Crippen LogP) is 3.56. The molecule has 19 heavy (non-hydrogen) atoms. The van der Waals surface area contributed by atoms with E-state index in [1.165, 1.54) is 11.3 Å². The SMILES string of the molecule is NC1CCCc2sc(-c3c(F)cc(F)cc3F)nc21. The quantitative estimate of drug-likeness (QED) is 0.869. The van der Waals surface area contributed by atoms with E-state index in [4.69, 9.17) is 5.73 Å². The molecule has 0 aliphatic heterocycles. The highest BCUT2D eigenvalue weighted by Gasteiger charge is 2.25. The van der Waals surface area contributed by atoms with Crippen molar-refractivity contribution in [3.63, 3.8) is 0 Å². The topological polar surface area (TPSA) is 38.9 Å². The molecule has 100 valence electrons. The minimum Gasteiger partial charge on any atom is -0.323 e. The number of aromatic nitrogens is 1. The van der Waals surface area contributed by atoms with Crippen LogP contribution in [0.1, 0.15) is 29.5 Å². The number of halogens is 3. The average molecular weight is 284 g/mol. The van der Waals surface area contributed by atoms with Crippen molar-refractivity contribution < 1.29 is 13.2 Å². The molecular formula is C13H11F3N2S. The van der Waals surface area contributed by atoms with E-state index in [1.807, 2.05) is 0 Å². The Hall–Kier alpha value is -1.40. The van der Waals surface area contributed by atoms with Crippen molar-refractivity contribution in [1.29, 1.82) is 0 Å². The first-order chi connectivity index (χ1) is 9.06. The molecule has 0 amide bonds. The van der Waals surface area contributed by atoms with Gasteiger partial charge in [0.2, 0.25) is 0 Å². The number of benzene rings is 1. The summed E-state index contributed by atoms with van der Waals surface area (Å²) in [4.78, 5) is 5.21. The molecule has 1 heterocycles. The summed E-state index contributed by atoms with van der Waals surface area (Å²) in [5.74, 6) is -2.80. The number of nitrogens with two attached hydrogens (primary N) is 1. The van der Waals surface area contributed by atoms with E-state index in [9.17, 15) is 13.2 Å². The molecule has 1 aliphatic carbocycles. The average Bonchev–Trinajstić information content (AvgIpc) is 2.72. The van der Waals surface area contributed by atoms with E-state index in [1.54, 1.807) is 0 Å². The lowest BCUT2D eigenvalue weighted by atomic mass is 9.99. The molecule has 2 aromatic rings. The van der Waals surface area contributed by atoms with Gasteiger partial charge in [0.25, 0.3) is 0 Å². The summed E-state index contributed by atoms with van der Waals surface area (Å²) < 4.78 is 40.3. The highest BCUT2D eigenvalue weighted by molar-refractivity contribution is 7.15. The van der Waals surface area contributed by atoms with E-state index < -0.39 is 17.5 Å². The number of nitrogens with zero attached hydrogens (tertiary/aromatic N) is 1. The molecule has 6 heteroatoms. The van der Waals surface area contributed by atoms with Crippen LogP contribution in [-0.4, -0.2) is 4.98 Å². The van der Waals surface area contributed by atoms with E-state index >= 15 is 0 Å². The van der Waals surface area contributed by atoms with Crippen LogP contribution in [0.5, 0.6) is 0 Å². The van der Waals surface area contributed by atoms with Gasteiger partial charge in [-0.25, -0.2) is 18.2 Å². The molecule has 1 unspecified atom stereocenters. The van der Waals surface area contributed by atoms with Crippen LogP contribution in [0.15, 0.2) is 12.1 Å².